The summed E-state index contributed by atoms with van der Waals surface area (Å²) in [6.07, 6.45) is 9.84. The highest BCUT2D eigenvalue weighted by atomic mass is 32.1. The molecule has 2 aromatic rings. The van der Waals surface area contributed by atoms with Crippen LogP contribution in [-0.2, 0) is 27.2 Å². The number of esters is 1. The largest absolute Gasteiger partial charge is 0.455 e. The molecule has 162 valence electrons. The second-order valence-corrected chi connectivity index (χ2v) is 8.95. The van der Waals surface area contributed by atoms with Crippen molar-refractivity contribution < 1.29 is 14.3 Å². The van der Waals surface area contributed by atoms with Gasteiger partial charge < -0.3 is 15.0 Å². The maximum atomic E-state index is 12.4. The molecule has 31 heavy (non-hydrogen) atoms. The van der Waals surface area contributed by atoms with E-state index in [1.807, 2.05) is 4.90 Å². The highest BCUT2D eigenvalue weighted by Gasteiger charge is 2.28. The van der Waals surface area contributed by atoms with Crippen molar-refractivity contribution in [1.29, 1.82) is 5.26 Å². The number of thiophene rings is 1. The van der Waals surface area contributed by atoms with Gasteiger partial charge in [0.05, 0.1) is 11.5 Å². The number of fused-ring (bicyclic) bond motifs is 1. The quantitative estimate of drug-likeness (QED) is 0.563. The summed E-state index contributed by atoms with van der Waals surface area (Å²) in [5.41, 5.74) is 1.64. The molecule has 3 heterocycles. The predicted molar refractivity (Wildman–Crippen MR) is 117 cm³/mol. The van der Waals surface area contributed by atoms with Crippen LogP contribution in [0.3, 0.4) is 0 Å². The third-order valence-corrected chi connectivity index (χ3v) is 7.00. The van der Waals surface area contributed by atoms with Gasteiger partial charge in [0.2, 0.25) is 5.95 Å². The van der Waals surface area contributed by atoms with E-state index in [1.54, 1.807) is 18.5 Å². The van der Waals surface area contributed by atoms with Crippen molar-refractivity contribution in [3.63, 3.8) is 0 Å². The molecule has 0 radical (unpaired) electrons. The molecule has 2 aliphatic rings. The molecule has 0 saturated carbocycles. The summed E-state index contributed by atoms with van der Waals surface area (Å²) >= 11 is 1.48. The summed E-state index contributed by atoms with van der Waals surface area (Å²) in [7, 11) is 0. The summed E-state index contributed by atoms with van der Waals surface area (Å²) < 4.78 is 5.27. The average molecular weight is 440 g/mol. The minimum atomic E-state index is -0.406. The van der Waals surface area contributed by atoms with E-state index in [9.17, 15) is 14.9 Å². The lowest BCUT2D eigenvalue weighted by molar-refractivity contribution is -0.152. The monoisotopic (exact) mass is 439 g/mol. The summed E-state index contributed by atoms with van der Waals surface area (Å²) in [6.45, 7) is 0.999. The number of rotatable bonds is 5. The van der Waals surface area contributed by atoms with E-state index >= 15 is 0 Å². The molecule has 0 aromatic carbocycles. The van der Waals surface area contributed by atoms with E-state index in [1.165, 1.54) is 22.6 Å². The number of nitrogens with one attached hydrogen (secondary N) is 1. The van der Waals surface area contributed by atoms with Crippen LogP contribution in [0, 0.1) is 17.2 Å². The third-order valence-electron chi connectivity index (χ3n) is 5.79. The van der Waals surface area contributed by atoms with E-state index < -0.39 is 5.91 Å². The first-order chi connectivity index (χ1) is 15.2. The molecule has 0 unspecified atom stereocenters. The SMILES string of the molecule is N#Cc1c(NC(=O)COC(=O)C2CCN(c3ncccn3)CC2)sc2c1CCCCC2. The van der Waals surface area contributed by atoms with Gasteiger partial charge in [0.25, 0.3) is 5.91 Å². The van der Waals surface area contributed by atoms with Crippen LogP contribution in [0.4, 0.5) is 10.9 Å². The van der Waals surface area contributed by atoms with Crippen LogP contribution >= 0.6 is 11.3 Å². The van der Waals surface area contributed by atoms with Gasteiger partial charge in [-0.3, -0.25) is 9.59 Å². The fourth-order valence-electron chi connectivity index (χ4n) is 4.14. The van der Waals surface area contributed by atoms with Crippen molar-refractivity contribution in [2.24, 2.45) is 5.92 Å². The third kappa shape index (κ3) is 5.02. The molecule has 1 fully saturated rings. The number of hydrogen-bond acceptors (Lipinski definition) is 8. The number of piperidine rings is 1. The minimum absolute atomic E-state index is 0.236. The topological polar surface area (TPSA) is 108 Å². The molecule has 4 rings (SSSR count). The first kappa shape index (κ1) is 21.2. The predicted octanol–water partition coefficient (Wildman–Crippen LogP) is 3.08. The number of hydrogen-bond donors (Lipinski definition) is 1. The smallest absolute Gasteiger partial charge is 0.309 e. The molecule has 1 aliphatic heterocycles. The molecular formula is C22H25N5O3S. The molecule has 0 spiro atoms. The van der Waals surface area contributed by atoms with Gasteiger partial charge in [-0.05, 0) is 50.2 Å². The van der Waals surface area contributed by atoms with Crippen LogP contribution in [0.25, 0.3) is 0 Å². The van der Waals surface area contributed by atoms with Gasteiger partial charge in [-0.1, -0.05) is 6.42 Å². The van der Waals surface area contributed by atoms with Crippen molar-refractivity contribution in [1.82, 2.24) is 9.97 Å². The van der Waals surface area contributed by atoms with Crippen molar-refractivity contribution in [3.05, 3.63) is 34.5 Å². The standard InChI is InChI=1S/C22H25N5O3S/c23-13-17-16-5-2-1-3-6-18(16)31-20(17)26-19(28)14-30-21(29)15-7-11-27(12-8-15)22-24-9-4-10-25-22/h4,9-10,15H,1-3,5-8,11-12,14H2,(H,26,28). The molecule has 1 N–H and O–H groups in total. The molecule has 0 bridgehead atoms. The summed E-state index contributed by atoms with van der Waals surface area (Å²) in [4.78, 5) is 36.5. The van der Waals surface area contributed by atoms with Gasteiger partial charge in [0, 0.05) is 30.4 Å². The zero-order valence-electron chi connectivity index (χ0n) is 17.3. The Labute approximate surface area is 185 Å². The molecule has 9 heteroatoms. The number of anilines is 2. The molecule has 1 saturated heterocycles. The van der Waals surface area contributed by atoms with E-state index in [0.717, 1.165) is 31.2 Å². The molecular weight excluding hydrogens is 414 g/mol. The lowest BCUT2D eigenvalue weighted by atomic mass is 9.97. The second kappa shape index (κ2) is 9.88. The van der Waals surface area contributed by atoms with Crippen LogP contribution < -0.4 is 10.2 Å². The molecule has 1 amide bonds. The molecule has 1 aliphatic carbocycles. The second-order valence-electron chi connectivity index (χ2n) is 7.85. The molecule has 2 aromatic heterocycles. The number of nitrogens with zero attached hydrogens (tertiary/aromatic N) is 4. The summed E-state index contributed by atoms with van der Waals surface area (Å²) in [6, 6.07) is 4.01. The number of aromatic nitrogens is 2. The number of carbonyl (C=O) groups is 2. The summed E-state index contributed by atoms with van der Waals surface area (Å²) in [5.74, 6) is -0.334. The van der Waals surface area contributed by atoms with E-state index in [4.69, 9.17) is 4.74 Å². The summed E-state index contributed by atoms with van der Waals surface area (Å²) in [5, 5.41) is 12.9. The van der Waals surface area contributed by atoms with Gasteiger partial charge in [-0.25, -0.2) is 9.97 Å². The maximum Gasteiger partial charge on any atom is 0.309 e. The zero-order chi connectivity index (χ0) is 21.6. The zero-order valence-corrected chi connectivity index (χ0v) is 18.1. The Morgan fingerprint density at radius 3 is 2.68 bits per heavy atom. The average Bonchev–Trinajstić information content (AvgIpc) is 2.96. The molecule has 8 nitrogen and oxygen atoms in total. The van der Waals surface area contributed by atoms with Crippen LogP contribution in [0.15, 0.2) is 18.5 Å². The number of ether oxygens (including phenoxy) is 1. The highest BCUT2D eigenvalue weighted by Crippen LogP contribution is 2.37. The van der Waals surface area contributed by atoms with Crippen molar-refractivity contribution in [2.75, 3.05) is 29.9 Å². The first-order valence-corrected chi connectivity index (χ1v) is 11.5. The Hall–Kier alpha value is -2.99. The highest BCUT2D eigenvalue weighted by molar-refractivity contribution is 7.16. The number of carbonyl (C=O) groups excluding carboxylic acids is 2. The van der Waals surface area contributed by atoms with E-state index in [0.29, 0.717) is 42.4 Å². The van der Waals surface area contributed by atoms with Gasteiger partial charge in [0.1, 0.15) is 11.1 Å². The lowest BCUT2D eigenvalue weighted by Gasteiger charge is -2.30. The van der Waals surface area contributed by atoms with Crippen molar-refractivity contribution in [3.8, 4) is 6.07 Å². The van der Waals surface area contributed by atoms with Crippen LogP contribution in [-0.4, -0.2) is 41.5 Å². The first-order valence-electron chi connectivity index (χ1n) is 10.7. The Morgan fingerprint density at radius 1 is 1.19 bits per heavy atom. The van der Waals surface area contributed by atoms with Crippen LogP contribution in [0.2, 0.25) is 0 Å². The fraction of sp³-hybridized carbons (Fsp3) is 0.500. The van der Waals surface area contributed by atoms with Gasteiger partial charge in [0.15, 0.2) is 6.61 Å². The Balaban J connectivity index is 1.27. The lowest BCUT2D eigenvalue weighted by Crippen LogP contribution is -2.38. The van der Waals surface area contributed by atoms with Gasteiger partial charge >= 0.3 is 5.97 Å². The van der Waals surface area contributed by atoms with Crippen molar-refractivity contribution >= 4 is 34.2 Å². The number of aryl methyl sites for hydroxylation is 1. The normalized spacial score (nSPS) is 16.7. The van der Waals surface area contributed by atoms with Crippen molar-refractivity contribution in [2.45, 2.75) is 44.9 Å². The fourth-order valence-corrected chi connectivity index (χ4v) is 5.39. The number of nitriles is 1. The van der Waals surface area contributed by atoms with Gasteiger partial charge in [-0.15, -0.1) is 11.3 Å². The van der Waals surface area contributed by atoms with E-state index in [2.05, 4.69) is 21.4 Å². The molecule has 0 atom stereocenters. The number of amides is 1. The van der Waals surface area contributed by atoms with Crippen LogP contribution in [0.5, 0.6) is 0 Å². The minimum Gasteiger partial charge on any atom is -0.455 e. The Morgan fingerprint density at radius 2 is 1.94 bits per heavy atom. The maximum absolute atomic E-state index is 12.4. The van der Waals surface area contributed by atoms with Crippen LogP contribution in [0.1, 0.15) is 48.1 Å². The Bertz CT molecular complexity index is 977. The van der Waals surface area contributed by atoms with E-state index in [-0.39, 0.29) is 18.5 Å². The van der Waals surface area contributed by atoms with Gasteiger partial charge in [-0.2, -0.15) is 5.26 Å². The Kier molecular flexibility index (Phi) is 6.77.